The number of amides is 1. The van der Waals surface area contributed by atoms with Gasteiger partial charge in [0.05, 0.1) is 6.07 Å². The smallest absolute Gasteiger partial charge is 0.248 e. The molecule has 0 saturated carbocycles. The van der Waals surface area contributed by atoms with E-state index in [1.165, 1.54) is 7.11 Å². The SMILES string of the molecule is COCC(=O)N1CC=C(C#N)CC1. The van der Waals surface area contributed by atoms with Gasteiger partial charge in [-0.3, -0.25) is 4.79 Å². The highest BCUT2D eigenvalue weighted by molar-refractivity contribution is 5.77. The Morgan fingerprint density at radius 3 is 3.08 bits per heavy atom. The minimum atomic E-state index is -0.0178. The molecule has 0 unspecified atom stereocenters. The van der Waals surface area contributed by atoms with Crippen LogP contribution in [0.1, 0.15) is 6.42 Å². The van der Waals surface area contributed by atoms with Crippen LogP contribution in [0, 0.1) is 11.3 Å². The molecule has 0 atom stereocenters. The Labute approximate surface area is 77.4 Å². The molecule has 4 heteroatoms. The van der Waals surface area contributed by atoms with Gasteiger partial charge in [0.2, 0.25) is 5.91 Å². The average Bonchev–Trinajstić information content (AvgIpc) is 2.18. The van der Waals surface area contributed by atoms with E-state index in [0.29, 0.717) is 19.5 Å². The van der Waals surface area contributed by atoms with Crippen LogP contribution in [0.3, 0.4) is 0 Å². The molecule has 70 valence electrons. The van der Waals surface area contributed by atoms with Gasteiger partial charge in [-0.15, -0.1) is 0 Å². The molecule has 13 heavy (non-hydrogen) atoms. The quantitative estimate of drug-likeness (QED) is 0.614. The molecule has 1 aliphatic rings. The number of nitrogens with zero attached hydrogens (tertiary/aromatic N) is 2. The summed E-state index contributed by atoms with van der Waals surface area (Å²) in [5.74, 6) is -0.0178. The lowest BCUT2D eigenvalue weighted by atomic mass is 10.1. The van der Waals surface area contributed by atoms with Gasteiger partial charge in [-0.25, -0.2) is 0 Å². The number of rotatable bonds is 2. The summed E-state index contributed by atoms with van der Waals surface area (Å²) >= 11 is 0. The molecule has 1 heterocycles. The summed E-state index contributed by atoms with van der Waals surface area (Å²) in [6, 6.07) is 2.09. The van der Waals surface area contributed by atoms with Crippen LogP contribution in [0.4, 0.5) is 0 Å². The van der Waals surface area contributed by atoms with Gasteiger partial charge in [0, 0.05) is 25.8 Å². The zero-order chi connectivity index (χ0) is 9.68. The van der Waals surface area contributed by atoms with E-state index in [4.69, 9.17) is 10.00 Å². The van der Waals surface area contributed by atoms with Crippen molar-refractivity contribution >= 4 is 5.91 Å². The normalized spacial score (nSPS) is 16.3. The summed E-state index contributed by atoms with van der Waals surface area (Å²) in [6.45, 7) is 1.28. The van der Waals surface area contributed by atoms with Crippen molar-refractivity contribution in [2.24, 2.45) is 0 Å². The molecule has 1 aliphatic heterocycles. The zero-order valence-corrected chi connectivity index (χ0v) is 7.62. The fraction of sp³-hybridized carbons (Fsp3) is 0.556. The van der Waals surface area contributed by atoms with Gasteiger partial charge in [-0.05, 0) is 6.42 Å². The molecule has 0 N–H and O–H groups in total. The van der Waals surface area contributed by atoms with Crippen LogP contribution < -0.4 is 0 Å². The Hall–Kier alpha value is -1.34. The van der Waals surface area contributed by atoms with Gasteiger partial charge < -0.3 is 9.64 Å². The predicted molar refractivity (Wildman–Crippen MR) is 46.8 cm³/mol. The Balaban J connectivity index is 2.46. The molecule has 0 spiro atoms. The third-order valence-electron chi connectivity index (χ3n) is 1.97. The van der Waals surface area contributed by atoms with E-state index in [1.54, 1.807) is 11.0 Å². The highest BCUT2D eigenvalue weighted by Gasteiger charge is 2.16. The van der Waals surface area contributed by atoms with Crippen molar-refractivity contribution in [1.29, 1.82) is 5.26 Å². The fourth-order valence-electron chi connectivity index (χ4n) is 1.21. The Morgan fingerprint density at radius 2 is 2.62 bits per heavy atom. The van der Waals surface area contributed by atoms with Crippen LogP contribution in [0.25, 0.3) is 0 Å². The van der Waals surface area contributed by atoms with Crippen molar-refractivity contribution in [3.05, 3.63) is 11.6 Å². The summed E-state index contributed by atoms with van der Waals surface area (Å²) in [5.41, 5.74) is 0.765. The third-order valence-corrected chi connectivity index (χ3v) is 1.97. The largest absolute Gasteiger partial charge is 0.375 e. The minimum absolute atomic E-state index is 0.0178. The van der Waals surface area contributed by atoms with E-state index < -0.39 is 0 Å². The van der Waals surface area contributed by atoms with Gasteiger partial charge in [-0.1, -0.05) is 6.08 Å². The van der Waals surface area contributed by atoms with Crippen molar-refractivity contribution in [2.45, 2.75) is 6.42 Å². The van der Waals surface area contributed by atoms with Crippen molar-refractivity contribution in [1.82, 2.24) is 4.90 Å². The zero-order valence-electron chi connectivity index (χ0n) is 7.62. The molecule has 0 aromatic rings. The van der Waals surface area contributed by atoms with E-state index in [9.17, 15) is 4.79 Å². The van der Waals surface area contributed by atoms with Gasteiger partial charge >= 0.3 is 0 Å². The number of ether oxygens (including phenoxy) is 1. The first kappa shape index (κ1) is 9.75. The molecule has 1 rings (SSSR count). The molecule has 0 saturated heterocycles. The van der Waals surface area contributed by atoms with Crippen LogP contribution in [0.15, 0.2) is 11.6 Å². The molecular weight excluding hydrogens is 168 g/mol. The molecule has 0 aliphatic carbocycles. The van der Waals surface area contributed by atoms with Crippen LogP contribution in [-0.4, -0.2) is 37.6 Å². The van der Waals surface area contributed by atoms with Crippen molar-refractivity contribution in [3.8, 4) is 6.07 Å². The molecule has 0 aromatic heterocycles. The lowest BCUT2D eigenvalue weighted by molar-refractivity contribution is -0.134. The number of carbonyl (C=O) groups excluding carboxylic acids is 1. The second kappa shape index (κ2) is 4.63. The van der Waals surface area contributed by atoms with Crippen LogP contribution in [0.2, 0.25) is 0 Å². The molecule has 4 nitrogen and oxygen atoms in total. The van der Waals surface area contributed by atoms with E-state index in [0.717, 1.165) is 5.57 Å². The summed E-state index contributed by atoms with van der Waals surface area (Å²) in [5, 5.41) is 8.57. The molecular formula is C9H12N2O2. The number of carbonyl (C=O) groups is 1. The van der Waals surface area contributed by atoms with Gasteiger partial charge in [-0.2, -0.15) is 5.26 Å². The van der Waals surface area contributed by atoms with Gasteiger partial charge in [0.25, 0.3) is 0 Å². The summed E-state index contributed by atoms with van der Waals surface area (Å²) in [4.78, 5) is 13.0. The highest BCUT2D eigenvalue weighted by Crippen LogP contribution is 2.09. The van der Waals surface area contributed by atoms with E-state index in [1.807, 2.05) is 0 Å². The minimum Gasteiger partial charge on any atom is -0.375 e. The standard InChI is InChI=1S/C9H12N2O2/c1-13-7-9(12)11-4-2-8(6-10)3-5-11/h2H,3-5,7H2,1H3. The maximum Gasteiger partial charge on any atom is 0.248 e. The van der Waals surface area contributed by atoms with Gasteiger partial charge in [0.15, 0.2) is 0 Å². The Bertz CT molecular complexity index is 265. The average molecular weight is 180 g/mol. The number of nitriles is 1. The van der Waals surface area contributed by atoms with Crippen LogP contribution >= 0.6 is 0 Å². The monoisotopic (exact) mass is 180 g/mol. The lowest BCUT2D eigenvalue weighted by Gasteiger charge is -2.24. The number of hydrogen-bond donors (Lipinski definition) is 0. The summed E-state index contributed by atoms with van der Waals surface area (Å²) in [6.07, 6.45) is 2.45. The molecule has 0 bridgehead atoms. The molecule has 0 fully saturated rings. The first-order valence-electron chi connectivity index (χ1n) is 4.13. The second-order valence-corrected chi connectivity index (χ2v) is 2.86. The van der Waals surface area contributed by atoms with Crippen molar-refractivity contribution in [2.75, 3.05) is 26.8 Å². The number of methoxy groups -OCH3 is 1. The maximum atomic E-state index is 11.3. The number of hydrogen-bond acceptors (Lipinski definition) is 3. The van der Waals surface area contributed by atoms with Crippen molar-refractivity contribution < 1.29 is 9.53 Å². The highest BCUT2D eigenvalue weighted by atomic mass is 16.5. The summed E-state index contributed by atoms with van der Waals surface area (Å²) in [7, 11) is 1.50. The van der Waals surface area contributed by atoms with Crippen LogP contribution in [-0.2, 0) is 9.53 Å². The van der Waals surface area contributed by atoms with Gasteiger partial charge in [0.1, 0.15) is 6.61 Å². The maximum absolute atomic E-state index is 11.3. The van der Waals surface area contributed by atoms with E-state index in [-0.39, 0.29) is 12.5 Å². The van der Waals surface area contributed by atoms with Crippen LogP contribution in [0.5, 0.6) is 0 Å². The first-order valence-corrected chi connectivity index (χ1v) is 4.13. The lowest BCUT2D eigenvalue weighted by Crippen LogP contribution is -2.36. The first-order chi connectivity index (χ1) is 6.27. The summed E-state index contributed by atoms with van der Waals surface area (Å²) < 4.78 is 4.73. The molecule has 0 aromatic carbocycles. The second-order valence-electron chi connectivity index (χ2n) is 2.86. The van der Waals surface area contributed by atoms with Crippen molar-refractivity contribution in [3.63, 3.8) is 0 Å². The van der Waals surface area contributed by atoms with E-state index in [2.05, 4.69) is 6.07 Å². The molecule has 1 amide bonds. The topological polar surface area (TPSA) is 53.3 Å². The Kier molecular flexibility index (Phi) is 3.47. The Morgan fingerprint density at radius 1 is 1.85 bits per heavy atom. The molecule has 0 radical (unpaired) electrons. The predicted octanol–water partition coefficient (Wildman–Crippen LogP) is 0.315. The fourth-order valence-corrected chi connectivity index (χ4v) is 1.21. The van der Waals surface area contributed by atoms with E-state index >= 15 is 0 Å². The third kappa shape index (κ3) is 2.56.